The van der Waals surface area contributed by atoms with Gasteiger partial charge >= 0.3 is 5.63 Å². The molecule has 0 spiro atoms. The van der Waals surface area contributed by atoms with Crippen LogP contribution in [-0.4, -0.2) is 48.1 Å². The number of phenols is 1. The monoisotopic (exact) mass is 358 g/mol. The minimum Gasteiger partial charge on any atom is -0.507 e. The van der Waals surface area contributed by atoms with E-state index in [-0.39, 0.29) is 5.63 Å². The van der Waals surface area contributed by atoms with Crippen LogP contribution < -0.4 is 5.63 Å². The third kappa shape index (κ3) is 4.46. The van der Waals surface area contributed by atoms with Crippen LogP contribution in [0.5, 0.6) is 5.75 Å². The molecule has 0 saturated carbocycles. The van der Waals surface area contributed by atoms with E-state index in [9.17, 15) is 9.90 Å². The number of piperazine rings is 1. The number of likely N-dealkylation sites (N-methyl/N-ethyl adjacent to an activating group) is 1. The van der Waals surface area contributed by atoms with Crippen LogP contribution in [0.15, 0.2) is 27.4 Å². The summed E-state index contributed by atoms with van der Waals surface area (Å²) in [5.41, 5.74) is 1.89. The number of hydrogen-bond donors (Lipinski definition) is 1. The van der Waals surface area contributed by atoms with Crippen LogP contribution in [0.4, 0.5) is 0 Å². The highest BCUT2D eigenvalue weighted by molar-refractivity contribution is 5.83. The number of nitrogens with zero attached hydrogens (tertiary/aromatic N) is 2. The van der Waals surface area contributed by atoms with Gasteiger partial charge in [-0.15, -0.1) is 0 Å². The molecule has 1 aliphatic rings. The van der Waals surface area contributed by atoms with Crippen molar-refractivity contribution in [3.8, 4) is 5.75 Å². The third-order valence-corrected chi connectivity index (χ3v) is 5.33. The lowest BCUT2D eigenvalue weighted by Crippen LogP contribution is -2.43. The summed E-state index contributed by atoms with van der Waals surface area (Å²) in [6, 6.07) is 5.25. The number of benzene rings is 1. The van der Waals surface area contributed by atoms with Crippen molar-refractivity contribution in [3.63, 3.8) is 0 Å². The third-order valence-electron chi connectivity index (χ3n) is 5.33. The van der Waals surface area contributed by atoms with E-state index in [0.29, 0.717) is 17.9 Å². The Hall–Kier alpha value is -1.85. The average Bonchev–Trinajstić information content (AvgIpc) is 2.64. The Morgan fingerprint density at radius 1 is 1.12 bits per heavy atom. The maximum Gasteiger partial charge on any atom is 0.336 e. The fourth-order valence-electron chi connectivity index (χ4n) is 3.64. The molecule has 26 heavy (non-hydrogen) atoms. The van der Waals surface area contributed by atoms with Crippen molar-refractivity contribution in [2.45, 2.75) is 45.6 Å². The van der Waals surface area contributed by atoms with Crippen molar-refractivity contribution in [1.82, 2.24) is 9.80 Å². The molecule has 5 nitrogen and oxygen atoms in total. The highest BCUT2D eigenvalue weighted by Gasteiger charge is 2.20. The molecule has 2 heterocycles. The maximum absolute atomic E-state index is 11.7. The zero-order valence-corrected chi connectivity index (χ0v) is 16.0. The van der Waals surface area contributed by atoms with E-state index < -0.39 is 0 Å². The Balaban J connectivity index is 1.90. The first-order valence-electron chi connectivity index (χ1n) is 9.77. The van der Waals surface area contributed by atoms with Crippen LogP contribution in [0, 0.1) is 0 Å². The van der Waals surface area contributed by atoms with Crippen LogP contribution in [0.2, 0.25) is 0 Å². The minimum atomic E-state index is -0.368. The predicted octanol–water partition coefficient (Wildman–Crippen LogP) is 3.37. The Labute approximate surface area is 155 Å². The topological polar surface area (TPSA) is 56.9 Å². The van der Waals surface area contributed by atoms with Gasteiger partial charge in [-0.25, -0.2) is 4.79 Å². The Kier molecular flexibility index (Phi) is 6.33. The van der Waals surface area contributed by atoms with E-state index in [0.717, 1.165) is 55.5 Å². The van der Waals surface area contributed by atoms with Gasteiger partial charge in [-0.1, -0.05) is 26.2 Å². The summed E-state index contributed by atoms with van der Waals surface area (Å²) < 4.78 is 5.48. The molecule has 1 aromatic carbocycles. The van der Waals surface area contributed by atoms with E-state index in [4.69, 9.17) is 4.42 Å². The van der Waals surface area contributed by atoms with Crippen LogP contribution in [0.3, 0.4) is 0 Å². The predicted molar refractivity (Wildman–Crippen MR) is 105 cm³/mol. The molecular weight excluding hydrogens is 328 g/mol. The standard InChI is InChI=1S/C21H30N2O3/c1-3-4-5-6-7-16-14-17-8-9-19(24)26-21(17)18(20(16)25)15-23-12-10-22(2)11-13-23/h8-9,14,25H,3-7,10-13,15H2,1-2H3. The van der Waals surface area contributed by atoms with Crippen LogP contribution in [-0.2, 0) is 13.0 Å². The van der Waals surface area contributed by atoms with Gasteiger partial charge in [0.15, 0.2) is 0 Å². The summed E-state index contributed by atoms with van der Waals surface area (Å²) in [6.45, 7) is 6.75. The normalized spacial score (nSPS) is 16.4. The van der Waals surface area contributed by atoms with Crippen molar-refractivity contribution >= 4 is 11.0 Å². The van der Waals surface area contributed by atoms with E-state index >= 15 is 0 Å². The first kappa shape index (κ1) is 18.9. The molecule has 142 valence electrons. The number of unbranched alkanes of at least 4 members (excludes halogenated alkanes) is 3. The molecule has 1 aliphatic heterocycles. The SMILES string of the molecule is CCCCCCc1cc2ccc(=O)oc2c(CN2CCN(C)CC2)c1O. The number of aromatic hydroxyl groups is 1. The smallest absolute Gasteiger partial charge is 0.336 e. The highest BCUT2D eigenvalue weighted by atomic mass is 16.4. The van der Waals surface area contributed by atoms with E-state index in [1.54, 1.807) is 0 Å². The van der Waals surface area contributed by atoms with Gasteiger partial charge in [0.05, 0.1) is 5.56 Å². The Morgan fingerprint density at radius 2 is 1.88 bits per heavy atom. The lowest BCUT2D eigenvalue weighted by molar-refractivity contribution is 0.147. The summed E-state index contributed by atoms with van der Waals surface area (Å²) in [7, 11) is 2.13. The average molecular weight is 358 g/mol. The number of rotatable bonds is 7. The number of aryl methyl sites for hydroxylation is 1. The molecule has 0 radical (unpaired) electrons. The zero-order chi connectivity index (χ0) is 18.5. The van der Waals surface area contributed by atoms with Gasteiger partial charge in [0.2, 0.25) is 0 Å². The first-order chi connectivity index (χ1) is 12.6. The van der Waals surface area contributed by atoms with Crippen molar-refractivity contribution in [1.29, 1.82) is 0 Å². The molecule has 5 heteroatoms. The van der Waals surface area contributed by atoms with Gasteiger partial charge in [-0.2, -0.15) is 0 Å². The Bertz CT molecular complexity index is 792. The van der Waals surface area contributed by atoms with Gasteiger partial charge in [-0.3, -0.25) is 4.90 Å². The fraction of sp³-hybridized carbons (Fsp3) is 0.571. The second kappa shape index (κ2) is 8.69. The number of phenolic OH excluding ortho intramolecular Hbond substituents is 1. The molecule has 1 aromatic heterocycles. The molecule has 1 fully saturated rings. The first-order valence-corrected chi connectivity index (χ1v) is 9.77. The molecule has 0 amide bonds. The molecule has 0 aliphatic carbocycles. The van der Waals surface area contributed by atoms with Gasteiger partial charge in [0.1, 0.15) is 11.3 Å². The summed E-state index contributed by atoms with van der Waals surface area (Å²) in [5, 5.41) is 11.8. The zero-order valence-electron chi connectivity index (χ0n) is 16.0. The van der Waals surface area contributed by atoms with Gasteiger partial charge in [0, 0.05) is 44.2 Å². The van der Waals surface area contributed by atoms with Crippen LogP contribution in [0.25, 0.3) is 11.0 Å². The quantitative estimate of drug-likeness (QED) is 0.607. The van der Waals surface area contributed by atoms with Gasteiger partial charge in [0.25, 0.3) is 0 Å². The van der Waals surface area contributed by atoms with E-state index in [2.05, 4.69) is 23.8 Å². The van der Waals surface area contributed by atoms with Crippen LogP contribution >= 0.6 is 0 Å². The van der Waals surface area contributed by atoms with Crippen LogP contribution in [0.1, 0.15) is 43.7 Å². The van der Waals surface area contributed by atoms with Crippen molar-refractivity contribution in [3.05, 3.63) is 39.7 Å². The van der Waals surface area contributed by atoms with Crippen molar-refractivity contribution < 1.29 is 9.52 Å². The highest BCUT2D eigenvalue weighted by Crippen LogP contribution is 2.33. The molecule has 0 atom stereocenters. The lowest BCUT2D eigenvalue weighted by Gasteiger charge is -2.32. The fourth-order valence-corrected chi connectivity index (χ4v) is 3.64. The second-order valence-corrected chi connectivity index (χ2v) is 7.43. The molecule has 1 N–H and O–H groups in total. The van der Waals surface area contributed by atoms with E-state index in [1.807, 2.05) is 12.1 Å². The molecule has 0 bridgehead atoms. The summed E-state index contributed by atoms with van der Waals surface area (Å²) in [6.07, 6.45) is 5.51. The molecule has 0 unspecified atom stereocenters. The minimum absolute atomic E-state index is 0.308. The van der Waals surface area contributed by atoms with Crippen molar-refractivity contribution in [2.24, 2.45) is 0 Å². The molecule has 2 aromatic rings. The van der Waals surface area contributed by atoms with Crippen molar-refractivity contribution in [2.75, 3.05) is 33.2 Å². The van der Waals surface area contributed by atoms with Gasteiger partial charge in [-0.05, 0) is 37.6 Å². The number of hydrogen-bond acceptors (Lipinski definition) is 5. The van der Waals surface area contributed by atoms with Gasteiger partial charge < -0.3 is 14.4 Å². The maximum atomic E-state index is 11.7. The second-order valence-electron chi connectivity index (χ2n) is 7.43. The molecule has 1 saturated heterocycles. The largest absolute Gasteiger partial charge is 0.507 e. The molecular formula is C21H30N2O3. The summed E-state index contributed by atoms with van der Waals surface area (Å²) in [4.78, 5) is 16.4. The summed E-state index contributed by atoms with van der Waals surface area (Å²) >= 11 is 0. The molecule has 3 rings (SSSR count). The summed E-state index contributed by atoms with van der Waals surface area (Å²) in [5.74, 6) is 0.308. The number of fused-ring (bicyclic) bond motifs is 1. The Morgan fingerprint density at radius 3 is 2.62 bits per heavy atom. The lowest BCUT2D eigenvalue weighted by atomic mass is 9.99. The van der Waals surface area contributed by atoms with E-state index in [1.165, 1.54) is 25.3 Å².